The van der Waals surface area contributed by atoms with Crippen LogP contribution in [0, 0.1) is 10.1 Å². The molecule has 0 spiro atoms. The van der Waals surface area contributed by atoms with Gasteiger partial charge < -0.3 is 0 Å². The monoisotopic (exact) mass is 284 g/mol. The van der Waals surface area contributed by atoms with Gasteiger partial charge in [0.2, 0.25) is 0 Å². The summed E-state index contributed by atoms with van der Waals surface area (Å²) < 4.78 is 13.9. The molecule has 0 aliphatic rings. The molecule has 1 aromatic carbocycles. The molecule has 0 heterocycles. The minimum atomic E-state index is -1.32. The number of carbonyl (C=O) groups excluding carboxylic acids is 1. The van der Waals surface area contributed by atoms with Crippen LogP contribution < -0.4 is 4.72 Å². The van der Waals surface area contributed by atoms with Crippen molar-refractivity contribution < 1.29 is 13.9 Å². The van der Waals surface area contributed by atoms with E-state index in [1.165, 1.54) is 24.3 Å². The number of nitrogens with zero attached hydrogens (tertiary/aromatic N) is 1. The van der Waals surface area contributed by atoms with Crippen molar-refractivity contribution >= 4 is 22.5 Å². The summed E-state index contributed by atoms with van der Waals surface area (Å²) in [6.07, 6.45) is 0. The summed E-state index contributed by atoms with van der Waals surface area (Å²) in [7, 11) is -1.32. The molecule has 0 bridgehead atoms. The predicted molar refractivity (Wildman–Crippen MR) is 73.3 cm³/mol. The van der Waals surface area contributed by atoms with Crippen molar-refractivity contribution in [2.75, 3.05) is 6.54 Å². The van der Waals surface area contributed by atoms with Crippen molar-refractivity contribution in [1.29, 1.82) is 0 Å². The fraction of sp³-hybridized carbons (Fsp3) is 0.417. The van der Waals surface area contributed by atoms with E-state index in [2.05, 4.69) is 4.72 Å². The highest BCUT2D eigenvalue weighted by Gasteiger charge is 2.20. The summed E-state index contributed by atoms with van der Waals surface area (Å²) in [5.74, 6) is -0.257. The zero-order valence-corrected chi connectivity index (χ0v) is 11.8. The van der Waals surface area contributed by atoms with E-state index in [0.717, 1.165) is 0 Å². The first-order chi connectivity index (χ1) is 8.71. The van der Waals surface area contributed by atoms with Gasteiger partial charge in [0.15, 0.2) is 5.78 Å². The van der Waals surface area contributed by atoms with E-state index in [-0.39, 0.29) is 18.0 Å². The molecule has 1 aromatic rings. The van der Waals surface area contributed by atoms with Crippen LogP contribution in [0.4, 0.5) is 5.69 Å². The molecule has 0 saturated heterocycles. The highest BCUT2D eigenvalue weighted by molar-refractivity contribution is 7.84. The first-order valence-corrected chi connectivity index (χ1v) is 6.80. The molecule has 1 N–H and O–H groups in total. The van der Waals surface area contributed by atoms with Crippen molar-refractivity contribution in [3.63, 3.8) is 0 Å². The van der Waals surface area contributed by atoms with Gasteiger partial charge in [-0.05, 0) is 32.9 Å². The number of ketones is 1. The lowest BCUT2D eigenvalue weighted by molar-refractivity contribution is -0.384. The van der Waals surface area contributed by atoms with Gasteiger partial charge in [0.25, 0.3) is 5.69 Å². The van der Waals surface area contributed by atoms with Crippen LogP contribution in [0.15, 0.2) is 24.3 Å². The zero-order valence-electron chi connectivity index (χ0n) is 11.0. The van der Waals surface area contributed by atoms with Crippen molar-refractivity contribution in [3.05, 3.63) is 39.9 Å². The van der Waals surface area contributed by atoms with Crippen LogP contribution in [0.1, 0.15) is 31.1 Å². The summed E-state index contributed by atoms with van der Waals surface area (Å²) >= 11 is 0. The Morgan fingerprint density at radius 3 is 2.26 bits per heavy atom. The molecule has 0 unspecified atom stereocenters. The summed E-state index contributed by atoms with van der Waals surface area (Å²) in [4.78, 5) is 21.7. The second kappa shape index (κ2) is 6.03. The number of benzene rings is 1. The molecule has 0 aliphatic carbocycles. The summed E-state index contributed by atoms with van der Waals surface area (Å²) in [6.45, 7) is 5.33. The van der Waals surface area contributed by atoms with Gasteiger partial charge in [0, 0.05) is 17.7 Å². The summed E-state index contributed by atoms with van der Waals surface area (Å²) in [6, 6.07) is 5.33. The van der Waals surface area contributed by atoms with Crippen molar-refractivity contribution in [1.82, 2.24) is 4.72 Å². The Hall–Kier alpha value is -1.60. The Morgan fingerprint density at radius 2 is 1.84 bits per heavy atom. The molecule has 104 valence electrons. The minimum Gasteiger partial charge on any atom is -0.293 e. The number of hydrogen-bond acceptors (Lipinski definition) is 4. The predicted octanol–water partition coefficient (Wildman–Crippen LogP) is 1.83. The van der Waals surface area contributed by atoms with E-state index >= 15 is 0 Å². The van der Waals surface area contributed by atoms with Crippen molar-refractivity contribution in [2.45, 2.75) is 25.5 Å². The smallest absolute Gasteiger partial charge is 0.269 e. The van der Waals surface area contributed by atoms with Gasteiger partial charge in [0.1, 0.15) is 0 Å². The average Bonchev–Trinajstić information content (AvgIpc) is 2.34. The van der Waals surface area contributed by atoms with Gasteiger partial charge >= 0.3 is 0 Å². The molecule has 0 amide bonds. The Kier molecular flexibility index (Phi) is 4.90. The maximum atomic E-state index is 11.8. The zero-order chi connectivity index (χ0) is 14.6. The second-order valence-corrected chi connectivity index (χ2v) is 6.98. The van der Waals surface area contributed by atoms with E-state index in [4.69, 9.17) is 0 Å². The molecule has 0 fully saturated rings. The first kappa shape index (κ1) is 15.5. The molecule has 7 heteroatoms. The van der Waals surface area contributed by atoms with E-state index in [0.29, 0.717) is 5.56 Å². The number of rotatable bonds is 5. The summed E-state index contributed by atoms with van der Waals surface area (Å²) in [5, 5.41) is 10.5. The average molecular weight is 284 g/mol. The van der Waals surface area contributed by atoms with Crippen LogP contribution in [0.25, 0.3) is 0 Å². The second-order valence-electron chi connectivity index (χ2n) is 4.93. The Morgan fingerprint density at radius 1 is 1.32 bits per heavy atom. The van der Waals surface area contributed by atoms with Gasteiger partial charge in [-0.1, -0.05) is 0 Å². The van der Waals surface area contributed by atoms with E-state index in [1.54, 1.807) is 20.8 Å². The molecular formula is C12H16N2O4S. The number of carbonyl (C=O) groups is 1. The van der Waals surface area contributed by atoms with Gasteiger partial charge in [-0.15, -0.1) is 0 Å². The van der Waals surface area contributed by atoms with E-state index < -0.39 is 20.7 Å². The third-order valence-electron chi connectivity index (χ3n) is 2.32. The number of nitrogens with one attached hydrogen (secondary N) is 1. The minimum absolute atomic E-state index is 0.0669. The largest absolute Gasteiger partial charge is 0.293 e. The Balaban J connectivity index is 2.64. The Bertz CT molecular complexity index is 505. The van der Waals surface area contributed by atoms with Crippen LogP contribution in [0.3, 0.4) is 0 Å². The molecule has 0 aliphatic heterocycles. The van der Waals surface area contributed by atoms with Crippen molar-refractivity contribution in [3.8, 4) is 0 Å². The Labute approximate surface area is 113 Å². The standard InChI is InChI=1S/C12H16N2O4S/c1-12(2,3)19(18)13-8-11(15)9-4-6-10(7-5-9)14(16)17/h4-7,13H,8H2,1-3H3/t19-/m1/s1. The van der Waals surface area contributed by atoms with Gasteiger partial charge in [-0.25, -0.2) is 8.93 Å². The fourth-order valence-electron chi connectivity index (χ4n) is 1.22. The van der Waals surface area contributed by atoms with Crippen LogP contribution >= 0.6 is 0 Å². The third-order valence-corrected chi connectivity index (χ3v) is 3.84. The first-order valence-electron chi connectivity index (χ1n) is 5.65. The molecule has 0 saturated carbocycles. The van der Waals surface area contributed by atoms with Crippen molar-refractivity contribution in [2.24, 2.45) is 0 Å². The topological polar surface area (TPSA) is 89.3 Å². The van der Waals surface area contributed by atoms with Crippen LogP contribution in [-0.2, 0) is 11.0 Å². The molecule has 6 nitrogen and oxygen atoms in total. The number of nitro groups is 1. The number of Topliss-reactive ketones (excluding diaryl/α,β-unsaturated/α-hetero) is 1. The highest BCUT2D eigenvalue weighted by Crippen LogP contribution is 2.12. The molecule has 0 radical (unpaired) electrons. The lowest BCUT2D eigenvalue weighted by Gasteiger charge is -2.17. The van der Waals surface area contributed by atoms with E-state index in [9.17, 15) is 19.1 Å². The van der Waals surface area contributed by atoms with Crippen LogP contribution in [-0.4, -0.2) is 26.2 Å². The molecule has 0 aromatic heterocycles. The van der Waals surface area contributed by atoms with Crippen LogP contribution in [0.5, 0.6) is 0 Å². The SMILES string of the molecule is CC(C)(C)[S@@](=O)NCC(=O)c1ccc([N+](=O)[O-])cc1. The highest BCUT2D eigenvalue weighted by atomic mass is 32.2. The third kappa shape index (κ3) is 4.53. The maximum absolute atomic E-state index is 11.8. The summed E-state index contributed by atoms with van der Waals surface area (Å²) in [5.41, 5.74) is 0.284. The number of nitro benzene ring substituents is 1. The molecule has 19 heavy (non-hydrogen) atoms. The van der Waals surface area contributed by atoms with E-state index in [1.807, 2.05) is 0 Å². The number of hydrogen-bond donors (Lipinski definition) is 1. The lowest BCUT2D eigenvalue weighted by atomic mass is 10.1. The number of non-ortho nitro benzene ring substituents is 1. The molecule has 1 rings (SSSR count). The van der Waals surface area contributed by atoms with Crippen LogP contribution in [0.2, 0.25) is 0 Å². The van der Waals surface area contributed by atoms with Gasteiger partial charge in [-0.2, -0.15) is 0 Å². The fourth-order valence-corrected chi connectivity index (χ4v) is 1.91. The normalized spacial score (nSPS) is 13.0. The van der Waals surface area contributed by atoms with Gasteiger partial charge in [-0.3, -0.25) is 14.9 Å². The maximum Gasteiger partial charge on any atom is 0.269 e. The molecule has 1 atom stereocenters. The van der Waals surface area contributed by atoms with Gasteiger partial charge in [0.05, 0.1) is 27.2 Å². The molecular weight excluding hydrogens is 268 g/mol. The quantitative estimate of drug-likeness (QED) is 0.507. The lowest BCUT2D eigenvalue weighted by Crippen LogP contribution is -2.36.